The van der Waals surface area contributed by atoms with Crippen molar-refractivity contribution in [2.75, 3.05) is 13.1 Å². The Morgan fingerprint density at radius 2 is 2.22 bits per heavy atom. The van der Waals surface area contributed by atoms with E-state index in [9.17, 15) is 13.2 Å². The molecule has 0 aromatic carbocycles. The number of rotatable bonds is 4. The molecular weight excluding hydrogens is 322 g/mol. The molecule has 3 heterocycles. The van der Waals surface area contributed by atoms with Crippen molar-refractivity contribution in [2.24, 2.45) is 11.7 Å². The fourth-order valence-corrected chi connectivity index (χ4v) is 4.07. The van der Waals surface area contributed by atoms with Crippen molar-refractivity contribution in [3.63, 3.8) is 0 Å². The number of nitrogens with two attached hydrogens (primary N) is 1. The van der Waals surface area contributed by atoms with Gasteiger partial charge in [0.2, 0.25) is 21.8 Å². The smallest absolute Gasteiger partial charge is 0.244 e. The zero-order valence-electron chi connectivity index (χ0n) is 12.3. The number of carbonyl (C=O) groups is 1. The van der Waals surface area contributed by atoms with E-state index in [4.69, 9.17) is 10.3 Å². The fourth-order valence-electron chi connectivity index (χ4n) is 2.61. The molecule has 0 unspecified atom stereocenters. The molecule has 0 bridgehead atoms. The standard InChI is InChI=1S/C13H15N5O4S/c1-8-16-13(22-17-8)11-7-18(6-10(11)12(14)19)23(20,21)9-3-2-4-15-5-9/h2-5,10-11H,6-7H2,1H3,(H2,14,19)/t10-,11-/m1/s1. The highest BCUT2D eigenvalue weighted by molar-refractivity contribution is 7.89. The molecule has 0 saturated carbocycles. The summed E-state index contributed by atoms with van der Waals surface area (Å²) in [7, 11) is -3.77. The third-order valence-corrected chi connectivity index (χ3v) is 5.60. The van der Waals surface area contributed by atoms with Gasteiger partial charge >= 0.3 is 0 Å². The Balaban J connectivity index is 1.93. The minimum Gasteiger partial charge on any atom is -0.369 e. The maximum atomic E-state index is 12.7. The van der Waals surface area contributed by atoms with Gasteiger partial charge in [0.15, 0.2) is 5.82 Å². The average molecular weight is 337 g/mol. The zero-order chi connectivity index (χ0) is 16.6. The Morgan fingerprint density at radius 3 is 2.78 bits per heavy atom. The van der Waals surface area contributed by atoms with Crippen LogP contribution in [0.5, 0.6) is 0 Å². The maximum Gasteiger partial charge on any atom is 0.244 e. The van der Waals surface area contributed by atoms with Gasteiger partial charge in [0.05, 0.1) is 11.8 Å². The first kappa shape index (κ1) is 15.6. The lowest BCUT2D eigenvalue weighted by Gasteiger charge is -2.15. The van der Waals surface area contributed by atoms with Crippen molar-refractivity contribution in [3.05, 3.63) is 36.2 Å². The largest absolute Gasteiger partial charge is 0.369 e. The fraction of sp³-hybridized carbons (Fsp3) is 0.385. The van der Waals surface area contributed by atoms with Crippen LogP contribution >= 0.6 is 0 Å². The number of hydrogen-bond acceptors (Lipinski definition) is 7. The van der Waals surface area contributed by atoms with Crippen molar-refractivity contribution in [1.29, 1.82) is 0 Å². The Bertz CT molecular complexity index is 820. The maximum absolute atomic E-state index is 12.7. The van der Waals surface area contributed by atoms with Crippen LogP contribution in [-0.4, -0.2) is 46.8 Å². The van der Waals surface area contributed by atoms with E-state index in [0.29, 0.717) is 5.82 Å². The molecule has 1 aliphatic heterocycles. The summed E-state index contributed by atoms with van der Waals surface area (Å²) >= 11 is 0. The van der Waals surface area contributed by atoms with Gasteiger partial charge in [0.25, 0.3) is 0 Å². The molecule has 1 amide bonds. The van der Waals surface area contributed by atoms with Crippen LogP contribution in [0.2, 0.25) is 0 Å². The van der Waals surface area contributed by atoms with Gasteiger partial charge in [-0.15, -0.1) is 0 Å². The number of carbonyl (C=O) groups excluding carboxylic acids is 1. The van der Waals surface area contributed by atoms with Crippen LogP contribution < -0.4 is 5.73 Å². The number of aryl methyl sites for hydroxylation is 1. The molecular formula is C13H15N5O4S. The number of amides is 1. The van der Waals surface area contributed by atoms with E-state index in [1.54, 1.807) is 6.92 Å². The lowest BCUT2D eigenvalue weighted by atomic mass is 9.95. The first-order valence-corrected chi connectivity index (χ1v) is 8.33. The van der Waals surface area contributed by atoms with Gasteiger partial charge in [-0.3, -0.25) is 9.78 Å². The van der Waals surface area contributed by atoms with E-state index in [1.165, 1.54) is 28.8 Å². The second-order valence-electron chi connectivity index (χ2n) is 5.31. The van der Waals surface area contributed by atoms with Crippen LogP contribution in [-0.2, 0) is 14.8 Å². The summed E-state index contributed by atoms with van der Waals surface area (Å²) in [5.74, 6) is -1.25. The van der Waals surface area contributed by atoms with Gasteiger partial charge in [-0.25, -0.2) is 8.42 Å². The molecule has 2 atom stereocenters. The van der Waals surface area contributed by atoms with Crippen molar-refractivity contribution in [2.45, 2.75) is 17.7 Å². The minimum atomic E-state index is -3.77. The van der Waals surface area contributed by atoms with Crippen LogP contribution in [0.3, 0.4) is 0 Å². The Hall–Kier alpha value is -2.33. The summed E-state index contributed by atoms with van der Waals surface area (Å²) < 4.78 is 31.6. The first-order valence-electron chi connectivity index (χ1n) is 6.89. The van der Waals surface area contributed by atoms with Gasteiger partial charge in [-0.1, -0.05) is 5.16 Å². The van der Waals surface area contributed by atoms with Crippen molar-refractivity contribution in [3.8, 4) is 0 Å². The zero-order valence-corrected chi connectivity index (χ0v) is 13.1. The molecule has 9 nitrogen and oxygen atoms in total. The third kappa shape index (κ3) is 2.82. The second kappa shape index (κ2) is 5.70. The molecule has 2 aromatic heterocycles. The number of primary amides is 1. The summed E-state index contributed by atoms with van der Waals surface area (Å²) in [6, 6.07) is 2.99. The molecule has 1 fully saturated rings. The molecule has 1 aliphatic rings. The Kier molecular flexibility index (Phi) is 3.86. The molecule has 2 N–H and O–H groups in total. The predicted molar refractivity (Wildman–Crippen MR) is 77.5 cm³/mol. The van der Waals surface area contributed by atoms with E-state index in [1.807, 2.05) is 0 Å². The van der Waals surface area contributed by atoms with Crippen molar-refractivity contribution >= 4 is 15.9 Å². The highest BCUT2D eigenvalue weighted by Gasteiger charge is 2.45. The van der Waals surface area contributed by atoms with Crippen molar-refractivity contribution < 1.29 is 17.7 Å². The molecule has 1 saturated heterocycles. The molecule has 10 heteroatoms. The van der Waals surface area contributed by atoms with Crippen LogP contribution in [0.1, 0.15) is 17.6 Å². The summed E-state index contributed by atoms with van der Waals surface area (Å²) in [4.78, 5) is 19.7. The number of nitrogens with zero attached hydrogens (tertiary/aromatic N) is 4. The topological polar surface area (TPSA) is 132 Å². The molecule has 2 aromatic rings. The van der Waals surface area contributed by atoms with Crippen LogP contribution in [0.15, 0.2) is 33.9 Å². The van der Waals surface area contributed by atoms with Crippen molar-refractivity contribution in [1.82, 2.24) is 19.4 Å². The highest BCUT2D eigenvalue weighted by atomic mass is 32.2. The predicted octanol–water partition coefficient (Wildman–Crippen LogP) is -0.337. The van der Waals surface area contributed by atoms with E-state index < -0.39 is 27.8 Å². The SMILES string of the molecule is Cc1noc([C@@H]2CN(S(=O)(=O)c3cccnc3)C[C@H]2C(N)=O)n1. The molecule has 3 rings (SSSR count). The van der Waals surface area contributed by atoms with Gasteiger partial charge in [-0.05, 0) is 19.1 Å². The number of aromatic nitrogens is 3. The highest BCUT2D eigenvalue weighted by Crippen LogP contribution is 2.34. The summed E-state index contributed by atoms with van der Waals surface area (Å²) in [5.41, 5.74) is 5.41. The lowest BCUT2D eigenvalue weighted by molar-refractivity contribution is -0.121. The summed E-state index contributed by atoms with van der Waals surface area (Å²) in [6.45, 7) is 1.66. The quantitative estimate of drug-likeness (QED) is 0.807. The first-order chi connectivity index (χ1) is 10.9. The number of pyridine rings is 1. The minimum absolute atomic E-state index is 0.0291. The Morgan fingerprint density at radius 1 is 1.43 bits per heavy atom. The molecule has 0 aliphatic carbocycles. The van der Waals surface area contributed by atoms with Crippen LogP contribution in [0.25, 0.3) is 0 Å². The van der Waals surface area contributed by atoms with Gasteiger partial charge in [0, 0.05) is 25.5 Å². The second-order valence-corrected chi connectivity index (χ2v) is 7.24. The third-order valence-electron chi connectivity index (χ3n) is 3.78. The van der Waals surface area contributed by atoms with Gasteiger partial charge in [0.1, 0.15) is 4.90 Å². The lowest BCUT2D eigenvalue weighted by Crippen LogP contribution is -2.32. The van der Waals surface area contributed by atoms with E-state index in [0.717, 1.165) is 0 Å². The molecule has 122 valence electrons. The summed E-state index contributed by atoms with van der Waals surface area (Å²) in [5, 5.41) is 3.68. The average Bonchev–Trinajstić information content (AvgIpc) is 3.14. The van der Waals surface area contributed by atoms with E-state index in [2.05, 4.69) is 15.1 Å². The number of sulfonamides is 1. The van der Waals surface area contributed by atoms with Gasteiger partial charge < -0.3 is 10.3 Å². The molecule has 23 heavy (non-hydrogen) atoms. The Labute approximate surface area is 132 Å². The van der Waals surface area contributed by atoms with E-state index >= 15 is 0 Å². The van der Waals surface area contributed by atoms with Crippen LogP contribution in [0.4, 0.5) is 0 Å². The monoisotopic (exact) mass is 337 g/mol. The normalized spacial score (nSPS) is 22.3. The summed E-state index contributed by atoms with van der Waals surface area (Å²) in [6.07, 6.45) is 2.75. The molecule has 0 radical (unpaired) electrons. The van der Waals surface area contributed by atoms with Crippen LogP contribution in [0, 0.1) is 12.8 Å². The molecule has 0 spiro atoms. The van der Waals surface area contributed by atoms with E-state index in [-0.39, 0.29) is 23.9 Å². The number of hydrogen-bond donors (Lipinski definition) is 1. The van der Waals surface area contributed by atoms with Gasteiger partial charge in [-0.2, -0.15) is 9.29 Å².